The molecule has 0 aliphatic carbocycles. The Labute approximate surface area is 157 Å². The van der Waals surface area contributed by atoms with Gasteiger partial charge in [0.1, 0.15) is 5.75 Å². The highest BCUT2D eigenvalue weighted by Crippen LogP contribution is 2.14. The molecule has 0 fully saturated rings. The summed E-state index contributed by atoms with van der Waals surface area (Å²) in [6, 6.07) is 17.2. The molecule has 7 heteroatoms. The Bertz CT molecular complexity index is 862. The summed E-state index contributed by atoms with van der Waals surface area (Å²) in [7, 11) is 0. The molecule has 7 nitrogen and oxygen atoms in total. The lowest BCUT2D eigenvalue weighted by molar-refractivity contribution is -0.151. The molecule has 0 amide bonds. The van der Waals surface area contributed by atoms with Gasteiger partial charge in [0, 0.05) is 12.0 Å². The van der Waals surface area contributed by atoms with E-state index in [0.717, 1.165) is 11.1 Å². The predicted octanol–water partition coefficient (Wildman–Crippen LogP) is 3.05. The van der Waals surface area contributed by atoms with Gasteiger partial charge in [0.15, 0.2) is 6.10 Å². The van der Waals surface area contributed by atoms with Gasteiger partial charge in [0.25, 0.3) is 0 Å². The van der Waals surface area contributed by atoms with Crippen LogP contribution in [0.1, 0.15) is 18.9 Å². The lowest BCUT2D eigenvalue weighted by Crippen LogP contribution is -2.26. The lowest BCUT2D eigenvalue weighted by atomic mass is 10.2. The van der Waals surface area contributed by atoms with Gasteiger partial charge in [-0.25, -0.2) is 4.79 Å². The van der Waals surface area contributed by atoms with E-state index in [1.165, 1.54) is 4.80 Å². The Balaban J connectivity index is 1.40. The maximum Gasteiger partial charge on any atom is 0.347 e. The molecule has 0 spiro atoms. The number of aryl methyl sites for hydroxylation is 2. The van der Waals surface area contributed by atoms with Crippen molar-refractivity contribution < 1.29 is 14.3 Å². The number of tetrazole rings is 1. The zero-order valence-electron chi connectivity index (χ0n) is 15.4. The standard InChI is InChI=1S/C20H22N4O3/c1-15-9-11-18(12-10-15)27-16(2)20(25)26-14-6-13-24-22-19(21-23-24)17-7-4-3-5-8-17/h3-5,7-12,16H,6,13-14H2,1-2H3. The average Bonchev–Trinajstić information content (AvgIpc) is 3.16. The lowest BCUT2D eigenvalue weighted by Gasteiger charge is -2.14. The fourth-order valence-corrected chi connectivity index (χ4v) is 2.41. The number of esters is 1. The number of carbonyl (C=O) groups is 1. The van der Waals surface area contributed by atoms with Crippen LogP contribution >= 0.6 is 0 Å². The molecule has 1 aromatic heterocycles. The first-order chi connectivity index (χ1) is 13.1. The summed E-state index contributed by atoms with van der Waals surface area (Å²) in [6.07, 6.45) is -0.0741. The molecule has 1 atom stereocenters. The summed E-state index contributed by atoms with van der Waals surface area (Å²) < 4.78 is 10.8. The van der Waals surface area contributed by atoms with Crippen molar-refractivity contribution >= 4 is 5.97 Å². The van der Waals surface area contributed by atoms with Crippen LogP contribution in [0.4, 0.5) is 0 Å². The van der Waals surface area contributed by atoms with Crippen LogP contribution < -0.4 is 4.74 Å². The van der Waals surface area contributed by atoms with Crippen LogP contribution in [-0.4, -0.2) is 38.9 Å². The first-order valence-corrected chi connectivity index (χ1v) is 8.85. The number of ether oxygens (including phenoxy) is 2. The quantitative estimate of drug-likeness (QED) is 0.450. The van der Waals surface area contributed by atoms with Crippen LogP contribution in [0.3, 0.4) is 0 Å². The number of hydrogen-bond acceptors (Lipinski definition) is 6. The predicted molar refractivity (Wildman–Crippen MR) is 100 cm³/mol. The van der Waals surface area contributed by atoms with E-state index in [1.54, 1.807) is 6.92 Å². The fourth-order valence-electron chi connectivity index (χ4n) is 2.41. The summed E-state index contributed by atoms with van der Waals surface area (Å²) in [6.45, 7) is 4.45. The van der Waals surface area contributed by atoms with E-state index in [1.807, 2.05) is 61.5 Å². The average molecular weight is 366 g/mol. The third-order valence-corrected chi connectivity index (χ3v) is 3.90. The first-order valence-electron chi connectivity index (χ1n) is 8.85. The van der Waals surface area contributed by atoms with E-state index in [4.69, 9.17) is 9.47 Å². The number of hydrogen-bond donors (Lipinski definition) is 0. The van der Waals surface area contributed by atoms with E-state index < -0.39 is 12.1 Å². The van der Waals surface area contributed by atoms with Crippen molar-refractivity contribution in [3.8, 4) is 17.1 Å². The maximum atomic E-state index is 12.0. The van der Waals surface area contributed by atoms with Gasteiger partial charge in [0.05, 0.1) is 13.2 Å². The molecule has 0 bridgehead atoms. The maximum absolute atomic E-state index is 12.0. The minimum absolute atomic E-state index is 0.267. The SMILES string of the molecule is Cc1ccc(OC(C)C(=O)OCCCn2nnc(-c3ccccc3)n2)cc1. The van der Waals surface area contributed by atoms with E-state index in [-0.39, 0.29) is 6.61 Å². The van der Waals surface area contributed by atoms with Gasteiger partial charge in [-0.1, -0.05) is 48.0 Å². The van der Waals surface area contributed by atoms with Crippen LogP contribution in [-0.2, 0) is 16.1 Å². The van der Waals surface area contributed by atoms with Gasteiger partial charge < -0.3 is 9.47 Å². The largest absolute Gasteiger partial charge is 0.479 e. The molecule has 27 heavy (non-hydrogen) atoms. The molecule has 0 saturated carbocycles. The van der Waals surface area contributed by atoms with Crippen molar-refractivity contribution in [3.05, 3.63) is 60.2 Å². The fraction of sp³-hybridized carbons (Fsp3) is 0.300. The van der Waals surface area contributed by atoms with Gasteiger partial charge in [-0.3, -0.25) is 0 Å². The Kier molecular flexibility index (Phi) is 6.14. The van der Waals surface area contributed by atoms with Crippen molar-refractivity contribution in [3.63, 3.8) is 0 Å². The summed E-state index contributed by atoms with van der Waals surface area (Å²) in [5.41, 5.74) is 2.05. The number of carbonyl (C=O) groups excluding carboxylic acids is 1. The molecule has 0 aliphatic heterocycles. The van der Waals surface area contributed by atoms with E-state index in [9.17, 15) is 4.79 Å². The minimum atomic E-state index is -0.665. The van der Waals surface area contributed by atoms with Crippen molar-refractivity contribution in [2.75, 3.05) is 6.61 Å². The van der Waals surface area contributed by atoms with Gasteiger partial charge in [-0.05, 0) is 31.2 Å². The van der Waals surface area contributed by atoms with E-state index >= 15 is 0 Å². The van der Waals surface area contributed by atoms with Gasteiger partial charge in [-0.2, -0.15) is 4.80 Å². The third-order valence-electron chi connectivity index (χ3n) is 3.90. The van der Waals surface area contributed by atoms with Gasteiger partial charge in [-0.15, -0.1) is 10.2 Å². The zero-order valence-corrected chi connectivity index (χ0v) is 15.4. The monoisotopic (exact) mass is 366 g/mol. The van der Waals surface area contributed by atoms with E-state index in [0.29, 0.717) is 24.5 Å². The van der Waals surface area contributed by atoms with Gasteiger partial charge in [0.2, 0.25) is 5.82 Å². The Morgan fingerprint density at radius 2 is 1.85 bits per heavy atom. The normalized spacial score (nSPS) is 11.8. The van der Waals surface area contributed by atoms with Crippen LogP contribution in [0.15, 0.2) is 54.6 Å². The molecule has 2 aromatic carbocycles. The summed E-state index contributed by atoms with van der Waals surface area (Å²) in [5.74, 6) is 0.824. The second-order valence-corrected chi connectivity index (χ2v) is 6.17. The number of benzene rings is 2. The Morgan fingerprint density at radius 1 is 1.11 bits per heavy atom. The van der Waals surface area contributed by atoms with Crippen molar-refractivity contribution in [2.45, 2.75) is 32.9 Å². The highest BCUT2D eigenvalue weighted by Gasteiger charge is 2.16. The molecular weight excluding hydrogens is 344 g/mol. The van der Waals surface area contributed by atoms with Crippen LogP contribution in [0, 0.1) is 6.92 Å². The molecule has 140 valence electrons. The summed E-state index contributed by atoms with van der Waals surface area (Å²) in [5, 5.41) is 12.4. The second-order valence-electron chi connectivity index (χ2n) is 6.17. The van der Waals surface area contributed by atoms with Gasteiger partial charge >= 0.3 is 5.97 Å². The molecule has 0 aliphatic rings. The highest BCUT2D eigenvalue weighted by atomic mass is 16.6. The molecular formula is C20H22N4O3. The summed E-state index contributed by atoms with van der Waals surface area (Å²) >= 11 is 0. The van der Waals surface area contributed by atoms with Crippen LogP contribution in [0.2, 0.25) is 0 Å². The third kappa shape index (κ3) is 5.37. The Hall–Kier alpha value is -3.22. The Morgan fingerprint density at radius 3 is 2.59 bits per heavy atom. The second kappa shape index (κ2) is 8.93. The topological polar surface area (TPSA) is 79.1 Å². The number of nitrogens with zero attached hydrogens (tertiary/aromatic N) is 4. The molecule has 1 unspecified atom stereocenters. The van der Waals surface area contributed by atoms with Crippen LogP contribution in [0.5, 0.6) is 5.75 Å². The zero-order chi connectivity index (χ0) is 19.1. The van der Waals surface area contributed by atoms with Crippen molar-refractivity contribution in [1.82, 2.24) is 20.2 Å². The smallest absolute Gasteiger partial charge is 0.347 e. The molecule has 0 N–H and O–H groups in total. The van der Waals surface area contributed by atoms with Crippen molar-refractivity contribution in [2.24, 2.45) is 0 Å². The number of aromatic nitrogens is 4. The summed E-state index contributed by atoms with van der Waals surface area (Å²) in [4.78, 5) is 13.5. The molecule has 3 rings (SSSR count). The molecule has 1 heterocycles. The molecule has 0 saturated heterocycles. The van der Waals surface area contributed by atoms with Crippen molar-refractivity contribution in [1.29, 1.82) is 0 Å². The minimum Gasteiger partial charge on any atom is -0.479 e. The highest BCUT2D eigenvalue weighted by molar-refractivity contribution is 5.74. The van der Waals surface area contributed by atoms with Crippen LogP contribution in [0.25, 0.3) is 11.4 Å². The molecule has 0 radical (unpaired) electrons. The first kappa shape index (κ1) is 18.6. The number of rotatable bonds is 8. The van der Waals surface area contributed by atoms with E-state index in [2.05, 4.69) is 15.4 Å². The molecule has 3 aromatic rings.